The molecule has 0 spiro atoms. The van der Waals surface area contributed by atoms with E-state index >= 15 is 0 Å². The van der Waals surface area contributed by atoms with Crippen LogP contribution in [0.25, 0.3) is 0 Å². The van der Waals surface area contributed by atoms with E-state index in [9.17, 15) is 4.79 Å². The minimum atomic E-state index is 0.0639. The van der Waals surface area contributed by atoms with Crippen LogP contribution in [-0.2, 0) is 8.87 Å². The summed E-state index contributed by atoms with van der Waals surface area (Å²) in [7, 11) is 0. The monoisotopic (exact) mass is 328 g/mol. The van der Waals surface area contributed by atoms with E-state index in [1.165, 1.54) is 23.4 Å². The number of carbonyl (C=O) groups excluding carboxylic acids is 1. The van der Waals surface area contributed by atoms with Gasteiger partial charge in [0.1, 0.15) is 0 Å². The highest BCUT2D eigenvalue weighted by molar-refractivity contribution is 8.32. The minimum Gasteiger partial charge on any atom is -0.282 e. The molecule has 1 saturated heterocycles. The largest absolute Gasteiger partial charge is 0.282 e. The zero-order valence-electron chi connectivity index (χ0n) is 10.7. The van der Waals surface area contributed by atoms with Gasteiger partial charge in [-0.2, -0.15) is 0 Å². The zero-order chi connectivity index (χ0) is 13.7. The summed E-state index contributed by atoms with van der Waals surface area (Å²) >= 11 is 7.20. The Morgan fingerprint density at radius 1 is 1.53 bits per heavy atom. The first-order valence-corrected chi connectivity index (χ1v) is 9.82. The van der Waals surface area contributed by atoms with Crippen LogP contribution in [0, 0.1) is 0 Å². The summed E-state index contributed by atoms with van der Waals surface area (Å²) in [5.41, 5.74) is 1.38. The molecule has 0 bridgehead atoms. The van der Waals surface area contributed by atoms with Gasteiger partial charge in [-0.15, -0.1) is 35.3 Å². The lowest BCUT2D eigenvalue weighted by Crippen LogP contribution is -2.08. The topological polar surface area (TPSA) is 17.1 Å². The average Bonchev–Trinajstić information content (AvgIpc) is 2.83. The van der Waals surface area contributed by atoms with Crippen molar-refractivity contribution in [2.45, 2.75) is 15.6 Å². The van der Waals surface area contributed by atoms with Crippen molar-refractivity contribution in [2.75, 3.05) is 10.8 Å². The molecule has 2 atom stereocenters. The van der Waals surface area contributed by atoms with Gasteiger partial charge in [0.15, 0.2) is 0 Å². The molecule has 0 radical (unpaired) electrons. The van der Waals surface area contributed by atoms with Gasteiger partial charge in [-0.05, 0) is 18.6 Å². The fourth-order valence-corrected chi connectivity index (χ4v) is 8.16. The maximum atomic E-state index is 11.2. The van der Waals surface area contributed by atoms with Crippen molar-refractivity contribution in [1.82, 2.24) is 0 Å². The standard InChI is InChI=1S/C14H16OS4/c1-3-12(15)16-10-17-13-9-18-14(2,19-13)11-7-5-4-6-8-11/h3-8,13H,1,9-10H2,2H3. The van der Waals surface area contributed by atoms with E-state index in [1.807, 2.05) is 35.3 Å². The summed E-state index contributed by atoms with van der Waals surface area (Å²) in [6, 6.07) is 10.6. The van der Waals surface area contributed by atoms with Crippen LogP contribution >= 0.6 is 47.0 Å². The Balaban J connectivity index is 1.86. The van der Waals surface area contributed by atoms with Crippen molar-refractivity contribution < 1.29 is 4.79 Å². The first kappa shape index (κ1) is 15.4. The Morgan fingerprint density at radius 3 is 2.95 bits per heavy atom. The molecule has 0 aliphatic carbocycles. The van der Waals surface area contributed by atoms with Crippen LogP contribution < -0.4 is 0 Å². The summed E-state index contributed by atoms with van der Waals surface area (Å²) < 4.78 is 0.701. The molecule has 102 valence electrons. The van der Waals surface area contributed by atoms with Crippen LogP contribution in [0.2, 0.25) is 0 Å². The Hall–Kier alpha value is 0.0300. The Bertz CT molecular complexity index is 448. The lowest BCUT2D eigenvalue weighted by Gasteiger charge is -2.22. The maximum absolute atomic E-state index is 11.2. The Morgan fingerprint density at radius 2 is 2.26 bits per heavy atom. The molecule has 1 aliphatic rings. The highest BCUT2D eigenvalue weighted by atomic mass is 32.3. The molecule has 0 saturated carbocycles. The number of hydrogen-bond acceptors (Lipinski definition) is 5. The van der Waals surface area contributed by atoms with Crippen LogP contribution in [-0.4, -0.2) is 20.5 Å². The Labute approximate surface area is 131 Å². The number of carbonyl (C=O) groups is 1. The number of benzene rings is 1. The van der Waals surface area contributed by atoms with Gasteiger partial charge in [0, 0.05) is 10.8 Å². The second-order valence-electron chi connectivity index (χ2n) is 4.12. The molecule has 0 N–H and O–H groups in total. The van der Waals surface area contributed by atoms with E-state index in [1.54, 1.807) is 0 Å². The molecule has 1 aliphatic heterocycles. The highest BCUT2D eigenvalue weighted by Gasteiger charge is 2.38. The SMILES string of the molecule is C=CC(=O)SCSC1CSC(C)(c2ccccc2)S1. The van der Waals surface area contributed by atoms with Gasteiger partial charge in [0.05, 0.1) is 8.66 Å². The summed E-state index contributed by atoms with van der Waals surface area (Å²) in [6.07, 6.45) is 1.38. The predicted molar refractivity (Wildman–Crippen MR) is 92.9 cm³/mol. The minimum absolute atomic E-state index is 0.0639. The first-order valence-electron chi connectivity index (χ1n) is 5.92. The van der Waals surface area contributed by atoms with Gasteiger partial charge in [-0.1, -0.05) is 48.7 Å². The number of rotatable bonds is 5. The smallest absolute Gasteiger partial charge is 0.212 e. The second-order valence-corrected chi connectivity index (χ2v) is 10.3. The lowest BCUT2D eigenvalue weighted by atomic mass is 10.2. The molecule has 1 heterocycles. The van der Waals surface area contributed by atoms with Crippen molar-refractivity contribution >= 4 is 52.2 Å². The normalized spacial score (nSPS) is 26.3. The second kappa shape index (κ2) is 7.16. The third-order valence-electron chi connectivity index (χ3n) is 2.77. The van der Waals surface area contributed by atoms with Crippen molar-refractivity contribution in [2.24, 2.45) is 0 Å². The fourth-order valence-electron chi connectivity index (χ4n) is 1.75. The third kappa shape index (κ3) is 4.25. The van der Waals surface area contributed by atoms with E-state index in [0.717, 1.165) is 10.8 Å². The first-order chi connectivity index (χ1) is 9.14. The molecule has 1 nitrogen and oxygen atoms in total. The fraction of sp³-hybridized carbons (Fsp3) is 0.357. The predicted octanol–water partition coefficient (Wildman–Crippen LogP) is 4.80. The van der Waals surface area contributed by atoms with Gasteiger partial charge >= 0.3 is 0 Å². The molecule has 19 heavy (non-hydrogen) atoms. The van der Waals surface area contributed by atoms with Crippen LogP contribution in [0.5, 0.6) is 0 Å². The van der Waals surface area contributed by atoms with Crippen molar-refractivity contribution in [3.05, 3.63) is 48.6 Å². The van der Waals surface area contributed by atoms with Gasteiger partial charge < -0.3 is 0 Å². The molecule has 2 rings (SSSR count). The number of thioether (sulfide) groups is 4. The van der Waals surface area contributed by atoms with E-state index in [4.69, 9.17) is 0 Å². The van der Waals surface area contributed by atoms with Gasteiger partial charge in [-0.3, -0.25) is 4.79 Å². The molecule has 0 amide bonds. The van der Waals surface area contributed by atoms with Gasteiger partial charge in [-0.25, -0.2) is 0 Å². The van der Waals surface area contributed by atoms with Crippen LogP contribution in [0.1, 0.15) is 12.5 Å². The van der Waals surface area contributed by atoms with Crippen LogP contribution in [0.15, 0.2) is 43.0 Å². The molecule has 5 heteroatoms. The van der Waals surface area contributed by atoms with Gasteiger partial charge in [0.2, 0.25) is 5.12 Å². The molecular formula is C14H16OS4. The summed E-state index contributed by atoms with van der Waals surface area (Å²) in [4.78, 5) is 11.2. The van der Waals surface area contributed by atoms with Crippen molar-refractivity contribution in [3.63, 3.8) is 0 Å². The van der Waals surface area contributed by atoms with E-state index in [0.29, 0.717) is 4.58 Å². The molecule has 1 fully saturated rings. The molecule has 2 unspecified atom stereocenters. The van der Waals surface area contributed by atoms with E-state index < -0.39 is 0 Å². The summed E-state index contributed by atoms with van der Waals surface area (Å²) in [5.74, 6) is 1.13. The molecular weight excluding hydrogens is 312 g/mol. The maximum Gasteiger partial charge on any atom is 0.212 e. The van der Waals surface area contributed by atoms with Gasteiger partial charge in [0.25, 0.3) is 0 Å². The quantitative estimate of drug-likeness (QED) is 0.568. The third-order valence-corrected chi connectivity index (χ3v) is 8.94. The van der Waals surface area contributed by atoms with E-state index in [-0.39, 0.29) is 9.19 Å². The average molecular weight is 329 g/mol. The molecule has 1 aromatic carbocycles. The molecule has 1 aromatic rings. The van der Waals surface area contributed by atoms with Crippen molar-refractivity contribution in [3.8, 4) is 0 Å². The lowest BCUT2D eigenvalue weighted by molar-refractivity contribution is -0.107. The zero-order valence-corrected chi connectivity index (χ0v) is 14.0. The summed E-state index contributed by atoms with van der Waals surface area (Å²) in [6.45, 7) is 5.78. The van der Waals surface area contributed by atoms with Crippen LogP contribution in [0.3, 0.4) is 0 Å². The Kier molecular flexibility index (Phi) is 5.81. The van der Waals surface area contributed by atoms with Crippen molar-refractivity contribution in [1.29, 1.82) is 0 Å². The number of hydrogen-bond donors (Lipinski definition) is 0. The highest BCUT2D eigenvalue weighted by Crippen LogP contribution is 2.57. The molecule has 0 aromatic heterocycles. The van der Waals surface area contributed by atoms with E-state index in [2.05, 4.69) is 43.8 Å². The van der Waals surface area contributed by atoms with Crippen LogP contribution in [0.4, 0.5) is 0 Å². The summed E-state index contributed by atoms with van der Waals surface area (Å²) in [5, 5.41) is 0.877.